The summed E-state index contributed by atoms with van der Waals surface area (Å²) in [5, 5.41) is 13.1. The second-order valence-corrected chi connectivity index (χ2v) is 9.55. The van der Waals surface area contributed by atoms with E-state index < -0.39 is 5.91 Å². The molecule has 0 unspecified atom stereocenters. The highest BCUT2D eigenvalue weighted by molar-refractivity contribution is 6.31. The Hall–Kier alpha value is -2.17. The number of nitrogens with one attached hydrogen (secondary N) is 3. The minimum atomic E-state index is -0.654. The largest absolute Gasteiger partial charge is 0.382 e. The molecule has 3 rings (SSSR count). The van der Waals surface area contributed by atoms with Crippen LogP contribution in [0.4, 0.5) is 11.6 Å². The first-order chi connectivity index (χ1) is 15.3. The molecule has 0 spiro atoms. The van der Waals surface area contributed by atoms with Crippen LogP contribution in [0.15, 0.2) is 0 Å². The van der Waals surface area contributed by atoms with Crippen molar-refractivity contribution >= 4 is 35.1 Å². The maximum Gasteiger partial charge on any atom is 0.280 e. The molecule has 1 aliphatic heterocycles. The van der Waals surface area contributed by atoms with E-state index in [0.717, 1.165) is 31.9 Å². The fourth-order valence-corrected chi connectivity index (χ4v) is 4.15. The van der Waals surface area contributed by atoms with E-state index in [4.69, 9.17) is 33.2 Å². The van der Waals surface area contributed by atoms with E-state index in [0.29, 0.717) is 12.6 Å². The molecular weight excluding hydrogens is 432 g/mol. The summed E-state index contributed by atoms with van der Waals surface area (Å²) in [7, 11) is 2.30. The van der Waals surface area contributed by atoms with Crippen molar-refractivity contribution in [2.75, 3.05) is 51.3 Å². The molecule has 7 N–H and O–H groups in total. The van der Waals surface area contributed by atoms with Gasteiger partial charge in [-0.05, 0) is 38.0 Å². The monoisotopic (exact) mass is 467 g/mol. The Bertz CT molecular complexity index is 809. The van der Waals surface area contributed by atoms with E-state index in [2.05, 4.69) is 27.6 Å². The molecule has 10 nitrogen and oxygen atoms in total. The van der Waals surface area contributed by atoms with Crippen molar-refractivity contribution in [2.45, 2.75) is 51.0 Å². The first kappa shape index (κ1) is 24.5. The Balaban J connectivity index is 1.23. The summed E-state index contributed by atoms with van der Waals surface area (Å²) in [6, 6.07) is 0. The zero-order chi connectivity index (χ0) is 23.1. The Morgan fingerprint density at radius 1 is 1.19 bits per heavy atom. The Kier molecular flexibility index (Phi) is 8.50. The van der Waals surface area contributed by atoms with Gasteiger partial charge in [-0.1, -0.05) is 24.4 Å². The molecule has 32 heavy (non-hydrogen) atoms. The predicted molar refractivity (Wildman–Crippen MR) is 125 cm³/mol. The normalized spacial score (nSPS) is 21.7. The fourth-order valence-electron chi connectivity index (χ4n) is 4.02. The van der Waals surface area contributed by atoms with Crippen LogP contribution in [0.25, 0.3) is 0 Å². The number of likely N-dealkylation sites (N-methyl/N-ethyl adjacent to an activating group) is 1. The van der Waals surface area contributed by atoms with E-state index >= 15 is 0 Å². The highest BCUT2D eigenvalue weighted by Gasteiger charge is 2.36. The van der Waals surface area contributed by atoms with Gasteiger partial charge in [-0.2, -0.15) is 0 Å². The fraction of sp³-hybridized carbons (Fsp3) is 0.714. The number of nitrogen functional groups attached to an aromatic ring is 2. The maximum atomic E-state index is 12.2. The number of nitrogens with zero attached hydrogens (tertiary/aromatic N) is 3. The number of guanidine groups is 1. The third-order valence-electron chi connectivity index (χ3n) is 6.46. The van der Waals surface area contributed by atoms with Crippen molar-refractivity contribution in [3.63, 3.8) is 0 Å². The van der Waals surface area contributed by atoms with Crippen molar-refractivity contribution in [3.8, 4) is 0 Å². The van der Waals surface area contributed by atoms with Gasteiger partial charge in [0.2, 0.25) is 0 Å². The SMILES string of the molecule is C[N+]1(CCOC2CCC(CCCCNC(=N)NC(=O)c3nc(Cl)c(N)nc3N)CC2)CC1. The number of aromatic nitrogens is 2. The predicted octanol–water partition coefficient (Wildman–Crippen LogP) is 1.75. The van der Waals surface area contributed by atoms with Gasteiger partial charge in [-0.25, -0.2) is 9.97 Å². The number of quaternary nitrogens is 1. The van der Waals surface area contributed by atoms with Crippen LogP contribution < -0.4 is 22.1 Å². The van der Waals surface area contributed by atoms with Crippen LogP contribution in [0.3, 0.4) is 0 Å². The van der Waals surface area contributed by atoms with Gasteiger partial charge in [-0.3, -0.25) is 15.5 Å². The highest BCUT2D eigenvalue weighted by Crippen LogP contribution is 2.30. The third kappa shape index (κ3) is 7.46. The van der Waals surface area contributed by atoms with Crippen LogP contribution in [-0.2, 0) is 4.74 Å². The molecule has 11 heteroatoms. The molecule has 1 saturated carbocycles. The van der Waals surface area contributed by atoms with E-state index in [1.807, 2.05) is 0 Å². The summed E-state index contributed by atoms with van der Waals surface area (Å²) >= 11 is 5.79. The summed E-state index contributed by atoms with van der Waals surface area (Å²) in [5.41, 5.74) is 11.0. The third-order valence-corrected chi connectivity index (χ3v) is 6.74. The molecule has 0 aromatic carbocycles. The Morgan fingerprint density at radius 2 is 1.91 bits per heavy atom. The van der Waals surface area contributed by atoms with E-state index in [1.165, 1.54) is 49.7 Å². The molecule has 1 aliphatic carbocycles. The lowest BCUT2D eigenvalue weighted by atomic mass is 9.84. The molecule has 1 saturated heterocycles. The molecule has 178 valence electrons. The number of halogens is 1. The number of unbranched alkanes of at least 4 members (excludes halogenated alkanes) is 1. The molecule has 0 atom stereocenters. The van der Waals surface area contributed by atoms with Gasteiger partial charge in [0, 0.05) is 6.54 Å². The van der Waals surface area contributed by atoms with Gasteiger partial charge >= 0.3 is 0 Å². The molecular formula is C21H36ClN8O2+. The second kappa shape index (κ2) is 11.1. The summed E-state index contributed by atoms with van der Waals surface area (Å²) in [5.74, 6) is -0.174. The topological polar surface area (TPSA) is 152 Å². The molecule has 0 radical (unpaired) electrons. The number of rotatable bonds is 10. The average molecular weight is 468 g/mol. The molecule has 2 heterocycles. The van der Waals surface area contributed by atoms with Crippen LogP contribution >= 0.6 is 11.6 Å². The summed E-state index contributed by atoms with van der Waals surface area (Å²) in [6.07, 6.45) is 8.48. The van der Waals surface area contributed by atoms with Gasteiger partial charge in [0.1, 0.15) is 19.6 Å². The first-order valence-corrected chi connectivity index (χ1v) is 11.8. The van der Waals surface area contributed by atoms with Crippen LogP contribution in [-0.4, -0.2) is 72.3 Å². The van der Waals surface area contributed by atoms with Gasteiger partial charge in [0.15, 0.2) is 28.4 Å². The zero-order valence-electron chi connectivity index (χ0n) is 18.8. The van der Waals surface area contributed by atoms with Crippen LogP contribution in [0.5, 0.6) is 0 Å². The van der Waals surface area contributed by atoms with Gasteiger partial charge in [0.05, 0.1) is 19.8 Å². The zero-order valence-corrected chi connectivity index (χ0v) is 19.6. The summed E-state index contributed by atoms with van der Waals surface area (Å²) in [4.78, 5) is 19.8. The molecule has 0 bridgehead atoms. The minimum Gasteiger partial charge on any atom is -0.382 e. The first-order valence-electron chi connectivity index (χ1n) is 11.4. The lowest BCUT2D eigenvalue weighted by Crippen LogP contribution is -2.41. The molecule has 1 amide bonds. The minimum absolute atomic E-state index is 0.0442. The summed E-state index contributed by atoms with van der Waals surface area (Å²) in [6.45, 7) is 5.26. The molecule has 1 aromatic rings. The standard InChI is InChI=1S/C21H35ClN8O2/c1-30(10-11-30)12-13-32-15-7-5-14(6-8-15)4-2-3-9-26-21(25)29-20(31)16-18(23)28-19(24)17(22)27-16/h14-15H,2-13H2,1H3,(H6-,23,24,25,26,28,29,31)/p+1. The average Bonchev–Trinajstić information content (AvgIpc) is 3.48. The Morgan fingerprint density at radius 3 is 2.59 bits per heavy atom. The van der Waals surface area contributed by atoms with Crippen molar-refractivity contribution in [1.29, 1.82) is 5.41 Å². The van der Waals surface area contributed by atoms with Crippen molar-refractivity contribution in [3.05, 3.63) is 10.8 Å². The number of ether oxygens (including phenoxy) is 1. The van der Waals surface area contributed by atoms with Gasteiger partial charge in [-0.15, -0.1) is 0 Å². The number of carbonyl (C=O) groups is 1. The number of nitrogens with two attached hydrogens (primary N) is 2. The van der Waals surface area contributed by atoms with Gasteiger partial charge < -0.3 is 26.0 Å². The number of anilines is 2. The molecule has 1 aromatic heterocycles. The summed E-state index contributed by atoms with van der Waals surface area (Å²) < 4.78 is 7.27. The highest BCUT2D eigenvalue weighted by atomic mass is 35.5. The molecule has 2 aliphatic rings. The van der Waals surface area contributed by atoms with Crippen LogP contribution in [0, 0.1) is 11.3 Å². The lowest BCUT2D eigenvalue weighted by Gasteiger charge is -2.29. The smallest absolute Gasteiger partial charge is 0.280 e. The van der Waals surface area contributed by atoms with Crippen LogP contribution in [0.1, 0.15) is 55.4 Å². The number of hydrogen-bond acceptors (Lipinski definition) is 7. The number of hydrogen-bond donors (Lipinski definition) is 5. The van der Waals surface area contributed by atoms with E-state index in [9.17, 15) is 4.79 Å². The molecule has 2 fully saturated rings. The Labute approximate surface area is 194 Å². The lowest BCUT2D eigenvalue weighted by molar-refractivity contribution is -0.778. The van der Waals surface area contributed by atoms with Crippen LogP contribution in [0.2, 0.25) is 5.15 Å². The van der Waals surface area contributed by atoms with E-state index in [-0.39, 0.29) is 28.4 Å². The quantitative estimate of drug-likeness (QED) is 0.115. The second-order valence-electron chi connectivity index (χ2n) is 9.19. The van der Waals surface area contributed by atoms with Crippen molar-refractivity contribution in [1.82, 2.24) is 20.6 Å². The van der Waals surface area contributed by atoms with E-state index in [1.54, 1.807) is 0 Å². The number of carbonyl (C=O) groups excluding carboxylic acids is 1. The number of amides is 1. The van der Waals surface area contributed by atoms with Gasteiger partial charge in [0.25, 0.3) is 5.91 Å². The van der Waals surface area contributed by atoms with Crippen molar-refractivity contribution in [2.24, 2.45) is 5.92 Å². The van der Waals surface area contributed by atoms with Crippen molar-refractivity contribution < 1.29 is 14.0 Å². The maximum absolute atomic E-state index is 12.2.